The summed E-state index contributed by atoms with van der Waals surface area (Å²) >= 11 is 0. The SMILES string of the molecule is CCc1cc(CC)cc(N2C(N)=C(c3nc4ccccc4[nH]3)C(=O)C2(C)C)c1. The predicted octanol–water partition coefficient (Wildman–Crippen LogP) is 4.18. The smallest absolute Gasteiger partial charge is 0.195 e. The molecule has 3 aromatic rings. The number of aromatic nitrogens is 2. The summed E-state index contributed by atoms with van der Waals surface area (Å²) in [6.45, 7) is 8.11. The van der Waals surface area contributed by atoms with Gasteiger partial charge in [-0.3, -0.25) is 4.79 Å². The van der Waals surface area contributed by atoms with E-state index in [1.807, 2.05) is 43.0 Å². The van der Waals surface area contributed by atoms with Crippen LogP contribution in [0.2, 0.25) is 0 Å². The van der Waals surface area contributed by atoms with E-state index >= 15 is 0 Å². The topological polar surface area (TPSA) is 75.0 Å². The summed E-state index contributed by atoms with van der Waals surface area (Å²) < 4.78 is 0. The maximum Gasteiger partial charge on any atom is 0.195 e. The van der Waals surface area contributed by atoms with E-state index in [9.17, 15) is 4.79 Å². The Morgan fingerprint density at radius 3 is 2.32 bits per heavy atom. The molecule has 2 aromatic carbocycles. The number of hydrogen-bond donors (Lipinski definition) is 2. The zero-order valence-electron chi connectivity index (χ0n) is 16.8. The highest BCUT2D eigenvalue weighted by Gasteiger charge is 2.47. The van der Waals surface area contributed by atoms with Crippen LogP contribution in [0.25, 0.3) is 16.6 Å². The number of anilines is 1. The third-order valence-electron chi connectivity index (χ3n) is 5.58. The number of nitrogens with zero attached hydrogens (tertiary/aromatic N) is 2. The van der Waals surface area contributed by atoms with Gasteiger partial charge in [0.25, 0.3) is 0 Å². The molecule has 0 saturated heterocycles. The molecular weight excluding hydrogens is 348 g/mol. The van der Waals surface area contributed by atoms with E-state index in [4.69, 9.17) is 5.73 Å². The molecule has 3 N–H and O–H groups in total. The number of imidazole rings is 1. The number of rotatable bonds is 4. The summed E-state index contributed by atoms with van der Waals surface area (Å²) in [5.74, 6) is 0.954. The second-order valence-electron chi connectivity index (χ2n) is 7.80. The van der Waals surface area contributed by atoms with E-state index in [0.717, 1.165) is 29.6 Å². The summed E-state index contributed by atoms with van der Waals surface area (Å²) in [5, 5.41) is 0. The van der Waals surface area contributed by atoms with E-state index in [1.54, 1.807) is 0 Å². The molecule has 0 bridgehead atoms. The van der Waals surface area contributed by atoms with E-state index < -0.39 is 5.54 Å². The normalized spacial score (nSPS) is 16.4. The van der Waals surface area contributed by atoms with Gasteiger partial charge in [-0.25, -0.2) is 4.98 Å². The number of benzene rings is 2. The van der Waals surface area contributed by atoms with Gasteiger partial charge in [0.2, 0.25) is 0 Å². The predicted molar refractivity (Wildman–Crippen MR) is 114 cm³/mol. The molecule has 0 aliphatic carbocycles. The highest BCUT2D eigenvalue weighted by atomic mass is 16.1. The molecule has 0 spiro atoms. The Hall–Kier alpha value is -3.08. The standard InChI is InChI=1S/C23H26N4O/c1-5-14-11-15(6-2)13-16(12-14)27-21(24)19(20(28)23(27,3)4)22-25-17-9-7-8-10-18(17)26-22/h7-13H,5-6,24H2,1-4H3,(H,25,26). The molecule has 1 aliphatic rings. The lowest BCUT2D eigenvalue weighted by molar-refractivity contribution is -0.116. The molecule has 1 aromatic heterocycles. The third-order valence-corrected chi connectivity index (χ3v) is 5.58. The summed E-state index contributed by atoms with van der Waals surface area (Å²) in [6, 6.07) is 14.2. The van der Waals surface area contributed by atoms with Crippen LogP contribution in [0.4, 0.5) is 5.69 Å². The lowest BCUT2D eigenvalue weighted by Gasteiger charge is -2.33. The minimum absolute atomic E-state index is 0.0241. The van der Waals surface area contributed by atoms with Gasteiger partial charge in [0.05, 0.1) is 11.0 Å². The first-order chi connectivity index (χ1) is 13.4. The van der Waals surface area contributed by atoms with E-state index in [-0.39, 0.29) is 5.78 Å². The molecule has 0 atom stereocenters. The second kappa shape index (κ2) is 6.51. The number of H-pyrrole nitrogens is 1. The Bertz CT molecular complexity index is 1050. The number of carbonyl (C=O) groups is 1. The first-order valence-corrected chi connectivity index (χ1v) is 9.79. The van der Waals surface area contributed by atoms with Crippen molar-refractivity contribution in [3.63, 3.8) is 0 Å². The van der Waals surface area contributed by atoms with E-state index in [2.05, 4.69) is 42.0 Å². The molecule has 1 aliphatic heterocycles. The van der Waals surface area contributed by atoms with Gasteiger partial charge in [-0.2, -0.15) is 0 Å². The van der Waals surface area contributed by atoms with Crippen LogP contribution in [-0.4, -0.2) is 21.3 Å². The Kier molecular flexibility index (Phi) is 4.26. The molecule has 5 heteroatoms. The largest absolute Gasteiger partial charge is 0.384 e. The Balaban J connectivity index is 1.89. The fourth-order valence-corrected chi connectivity index (χ4v) is 3.98. The van der Waals surface area contributed by atoms with Gasteiger partial charge in [-0.15, -0.1) is 0 Å². The van der Waals surface area contributed by atoms with Crippen molar-refractivity contribution < 1.29 is 4.79 Å². The van der Waals surface area contributed by atoms with Gasteiger partial charge in [-0.05, 0) is 62.1 Å². The average molecular weight is 374 g/mol. The van der Waals surface area contributed by atoms with Crippen LogP contribution < -0.4 is 10.6 Å². The molecule has 0 amide bonds. The van der Waals surface area contributed by atoms with Crippen molar-refractivity contribution in [1.82, 2.24) is 9.97 Å². The number of carbonyl (C=O) groups excluding carboxylic acids is 1. The molecule has 5 nitrogen and oxygen atoms in total. The van der Waals surface area contributed by atoms with E-state index in [0.29, 0.717) is 17.2 Å². The maximum absolute atomic E-state index is 13.4. The first-order valence-electron chi connectivity index (χ1n) is 9.79. The van der Waals surface area contributed by atoms with Crippen LogP contribution in [0, 0.1) is 0 Å². The van der Waals surface area contributed by atoms with Crippen molar-refractivity contribution in [2.24, 2.45) is 5.73 Å². The summed E-state index contributed by atoms with van der Waals surface area (Å²) in [7, 11) is 0. The molecular formula is C23H26N4O. The van der Waals surface area contributed by atoms with Crippen molar-refractivity contribution in [1.29, 1.82) is 0 Å². The molecule has 0 unspecified atom stereocenters. The van der Waals surface area contributed by atoms with Crippen molar-refractivity contribution in [3.8, 4) is 0 Å². The van der Waals surface area contributed by atoms with Gasteiger partial charge < -0.3 is 15.6 Å². The second-order valence-corrected chi connectivity index (χ2v) is 7.80. The van der Waals surface area contributed by atoms with Crippen LogP contribution in [-0.2, 0) is 17.6 Å². The fraction of sp³-hybridized carbons (Fsp3) is 0.304. The summed E-state index contributed by atoms with van der Waals surface area (Å²) in [5.41, 5.74) is 11.4. The van der Waals surface area contributed by atoms with Gasteiger partial charge in [0, 0.05) is 5.69 Å². The number of hydrogen-bond acceptors (Lipinski definition) is 4. The van der Waals surface area contributed by atoms with Crippen LogP contribution in [0.3, 0.4) is 0 Å². The number of fused-ring (bicyclic) bond motifs is 1. The number of Topliss-reactive ketones (excluding diaryl/α,β-unsaturated/α-hetero) is 1. The number of para-hydroxylation sites is 2. The zero-order valence-corrected chi connectivity index (χ0v) is 16.8. The highest BCUT2D eigenvalue weighted by molar-refractivity contribution is 6.29. The molecule has 144 valence electrons. The lowest BCUT2D eigenvalue weighted by Crippen LogP contribution is -2.45. The minimum Gasteiger partial charge on any atom is -0.384 e. The third kappa shape index (κ3) is 2.70. The first kappa shape index (κ1) is 18.3. The van der Waals surface area contributed by atoms with Crippen LogP contribution >= 0.6 is 0 Å². The molecule has 0 radical (unpaired) electrons. The molecule has 2 heterocycles. The zero-order chi connectivity index (χ0) is 20.1. The monoisotopic (exact) mass is 374 g/mol. The van der Waals surface area contributed by atoms with E-state index in [1.165, 1.54) is 11.1 Å². The Morgan fingerprint density at radius 2 is 1.71 bits per heavy atom. The van der Waals surface area contributed by atoms with Crippen molar-refractivity contribution in [2.75, 3.05) is 4.90 Å². The summed E-state index contributed by atoms with van der Waals surface area (Å²) in [6.07, 6.45) is 1.87. The quantitative estimate of drug-likeness (QED) is 0.718. The van der Waals surface area contributed by atoms with Crippen LogP contribution in [0.15, 0.2) is 48.3 Å². The minimum atomic E-state index is -0.782. The Morgan fingerprint density at radius 1 is 1.07 bits per heavy atom. The number of aryl methyl sites for hydroxylation is 2. The number of ketones is 1. The van der Waals surface area contributed by atoms with Gasteiger partial charge in [-0.1, -0.05) is 32.0 Å². The Labute approximate surface area is 165 Å². The fourth-order valence-electron chi connectivity index (χ4n) is 3.98. The number of nitrogens with two attached hydrogens (primary N) is 1. The molecule has 28 heavy (non-hydrogen) atoms. The molecule has 0 fully saturated rings. The number of aromatic amines is 1. The van der Waals surface area contributed by atoms with Crippen molar-refractivity contribution >= 4 is 28.1 Å². The van der Waals surface area contributed by atoms with Gasteiger partial charge in [0.1, 0.15) is 22.8 Å². The van der Waals surface area contributed by atoms with Crippen molar-refractivity contribution in [3.05, 3.63) is 65.2 Å². The summed E-state index contributed by atoms with van der Waals surface area (Å²) in [4.78, 5) is 23.2. The molecule has 0 saturated carbocycles. The van der Waals surface area contributed by atoms with Crippen molar-refractivity contribution in [2.45, 2.75) is 46.1 Å². The van der Waals surface area contributed by atoms with Gasteiger partial charge >= 0.3 is 0 Å². The lowest BCUT2D eigenvalue weighted by atomic mass is 9.95. The van der Waals surface area contributed by atoms with Gasteiger partial charge in [0.15, 0.2) is 5.78 Å². The van der Waals surface area contributed by atoms with Crippen LogP contribution in [0.1, 0.15) is 44.6 Å². The number of nitrogens with one attached hydrogen (secondary N) is 1. The highest BCUT2D eigenvalue weighted by Crippen LogP contribution is 2.40. The maximum atomic E-state index is 13.4. The average Bonchev–Trinajstić information content (AvgIpc) is 3.17. The van der Waals surface area contributed by atoms with Crippen LogP contribution in [0.5, 0.6) is 0 Å². The molecule has 4 rings (SSSR count).